The molecule has 1 aliphatic carbocycles. The van der Waals surface area contributed by atoms with Gasteiger partial charge in [-0.05, 0) is 6.42 Å². The molecule has 0 aromatic rings. The fourth-order valence-corrected chi connectivity index (χ4v) is 0.741. The van der Waals surface area contributed by atoms with Gasteiger partial charge in [-0.15, -0.1) is 0 Å². The molecule has 4 heteroatoms. The maximum Gasteiger partial charge on any atom is 0.392 e. The Morgan fingerprint density at radius 3 is 2.11 bits per heavy atom. The normalized spacial score (nSPS) is 34.1. The van der Waals surface area contributed by atoms with E-state index >= 15 is 0 Å². The predicted octanol–water partition coefficient (Wildman–Crippen LogP) is 1.38. The molecule has 0 aromatic carbocycles. The molecule has 0 amide bonds. The summed E-state index contributed by atoms with van der Waals surface area (Å²) in [5, 5.41) is 0. The number of rotatable bonds is 1. The minimum absolute atomic E-state index is 0.00694. The molecule has 0 saturated heterocycles. The van der Waals surface area contributed by atoms with Crippen LogP contribution >= 0.6 is 0 Å². The van der Waals surface area contributed by atoms with Crippen molar-refractivity contribution in [1.82, 2.24) is 0 Å². The molecule has 0 heterocycles. The second kappa shape index (κ2) is 1.72. The van der Waals surface area contributed by atoms with E-state index in [1.165, 1.54) is 0 Å². The van der Waals surface area contributed by atoms with Crippen molar-refractivity contribution in [3.8, 4) is 0 Å². The van der Waals surface area contributed by atoms with Gasteiger partial charge >= 0.3 is 6.18 Å². The lowest BCUT2D eigenvalue weighted by atomic mass is 10.3. The third-order valence-corrected chi connectivity index (χ3v) is 1.44. The number of hydrogen-bond donors (Lipinski definition) is 0. The average Bonchev–Trinajstić information content (AvgIpc) is 2.39. The van der Waals surface area contributed by atoms with Crippen LogP contribution in [0.15, 0.2) is 0 Å². The van der Waals surface area contributed by atoms with Gasteiger partial charge in [0.15, 0.2) is 0 Å². The van der Waals surface area contributed by atoms with Crippen LogP contribution < -0.4 is 0 Å². The lowest BCUT2D eigenvalue weighted by Gasteiger charge is -2.00. The summed E-state index contributed by atoms with van der Waals surface area (Å²) in [6, 6.07) is 0. The summed E-state index contributed by atoms with van der Waals surface area (Å²) in [5.41, 5.74) is 0. The minimum Gasteiger partial charge on any atom is -0.303 e. The second-order valence-electron chi connectivity index (χ2n) is 2.18. The number of alkyl halides is 3. The third-order valence-electron chi connectivity index (χ3n) is 1.44. The molecule has 1 aliphatic rings. The standard InChI is InChI=1S/C5H5F3O/c6-5(7,8)4-1-3(4)2-9/h2-4H,1H2/t3-,4+/m1/s1. The Kier molecular flexibility index (Phi) is 1.26. The molecule has 0 bridgehead atoms. The molecule has 9 heavy (non-hydrogen) atoms. The molecule has 1 nitrogen and oxygen atoms in total. The highest BCUT2D eigenvalue weighted by Crippen LogP contribution is 2.48. The van der Waals surface area contributed by atoms with E-state index < -0.39 is 18.0 Å². The first-order chi connectivity index (χ1) is 4.05. The van der Waals surface area contributed by atoms with Gasteiger partial charge < -0.3 is 4.79 Å². The predicted molar refractivity (Wildman–Crippen MR) is 23.7 cm³/mol. The van der Waals surface area contributed by atoms with Gasteiger partial charge in [0.25, 0.3) is 0 Å². The van der Waals surface area contributed by atoms with Crippen molar-refractivity contribution in [2.24, 2.45) is 11.8 Å². The zero-order valence-electron chi connectivity index (χ0n) is 4.48. The molecule has 1 fully saturated rings. The second-order valence-corrected chi connectivity index (χ2v) is 2.18. The fraction of sp³-hybridized carbons (Fsp3) is 0.800. The van der Waals surface area contributed by atoms with E-state index in [9.17, 15) is 18.0 Å². The van der Waals surface area contributed by atoms with Crippen LogP contribution in [0.3, 0.4) is 0 Å². The van der Waals surface area contributed by atoms with Crippen LogP contribution in [0.1, 0.15) is 6.42 Å². The van der Waals surface area contributed by atoms with E-state index in [0.29, 0.717) is 6.29 Å². The van der Waals surface area contributed by atoms with E-state index in [1.807, 2.05) is 0 Å². The van der Waals surface area contributed by atoms with Gasteiger partial charge in [-0.25, -0.2) is 0 Å². The monoisotopic (exact) mass is 138 g/mol. The molecular weight excluding hydrogens is 133 g/mol. The smallest absolute Gasteiger partial charge is 0.303 e. The van der Waals surface area contributed by atoms with E-state index in [0.717, 1.165) is 0 Å². The van der Waals surface area contributed by atoms with Crippen LogP contribution in [0.4, 0.5) is 13.2 Å². The number of carbonyl (C=O) groups excluding carboxylic acids is 1. The van der Waals surface area contributed by atoms with E-state index in [2.05, 4.69) is 0 Å². The lowest BCUT2D eigenvalue weighted by molar-refractivity contribution is -0.152. The first-order valence-corrected chi connectivity index (χ1v) is 2.57. The molecule has 0 radical (unpaired) electrons. The van der Waals surface area contributed by atoms with Crippen molar-refractivity contribution in [3.05, 3.63) is 0 Å². The van der Waals surface area contributed by atoms with Crippen molar-refractivity contribution < 1.29 is 18.0 Å². The molecule has 0 N–H and O–H groups in total. The van der Waals surface area contributed by atoms with Crippen LogP contribution in [0.25, 0.3) is 0 Å². The van der Waals surface area contributed by atoms with E-state index in [1.54, 1.807) is 0 Å². The van der Waals surface area contributed by atoms with E-state index in [-0.39, 0.29) is 6.42 Å². The molecule has 2 atom stereocenters. The molecule has 0 aliphatic heterocycles. The minimum atomic E-state index is -4.15. The van der Waals surface area contributed by atoms with Crippen LogP contribution in [0.2, 0.25) is 0 Å². The molecule has 0 unspecified atom stereocenters. The highest BCUT2D eigenvalue weighted by molar-refractivity contribution is 5.58. The van der Waals surface area contributed by atoms with Crippen LogP contribution in [0, 0.1) is 11.8 Å². The zero-order valence-corrected chi connectivity index (χ0v) is 4.48. The Morgan fingerprint density at radius 2 is 2.00 bits per heavy atom. The Balaban J connectivity index is 2.42. The Hall–Kier alpha value is -0.540. The van der Waals surface area contributed by atoms with Gasteiger partial charge in [0.2, 0.25) is 0 Å². The summed E-state index contributed by atoms with van der Waals surface area (Å²) in [6.07, 6.45) is -3.78. The molecule has 0 spiro atoms. The Bertz CT molecular complexity index is 129. The Morgan fingerprint density at radius 1 is 1.44 bits per heavy atom. The number of aldehydes is 1. The topological polar surface area (TPSA) is 17.1 Å². The van der Waals surface area contributed by atoms with Gasteiger partial charge in [0.1, 0.15) is 6.29 Å². The van der Waals surface area contributed by atoms with Crippen LogP contribution in [0.5, 0.6) is 0 Å². The van der Waals surface area contributed by atoms with Crippen molar-refractivity contribution >= 4 is 6.29 Å². The molecule has 0 aromatic heterocycles. The Labute approximate surface area is 49.9 Å². The molecular formula is C5H5F3O. The summed E-state index contributed by atoms with van der Waals surface area (Å²) < 4.78 is 34.6. The van der Waals surface area contributed by atoms with Crippen molar-refractivity contribution in [3.63, 3.8) is 0 Å². The summed E-state index contributed by atoms with van der Waals surface area (Å²) in [7, 11) is 0. The maximum absolute atomic E-state index is 11.5. The van der Waals surface area contributed by atoms with Gasteiger partial charge in [-0.2, -0.15) is 13.2 Å². The fourth-order valence-electron chi connectivity index (χ4n) is 0.741. The largest absolute Gasteiger partial charge is 0.392 e. The highest BCUT2D eigenvalue weighted by atomic mass is 19.4. The molecule has 1 saturated carbocycles. The van der Waals surface area contributed by atoms with Gasteiger partial charge in [-0.1, -0.05) is 0 Å². The van der Waals surface area contributed by atoms with Crippen molar-refractivity contribution in [1.29, 1.82) is 0 Å². The SMILES string of the molecule is O=C[C@H]1C[C@@H]1C(F)(F)F. The van der Waals surface area contributed by atoms with Crippen molar-refractivity contribution in [2.45, 2.75) is 12.6 Å². The highest BCUT2D eigenvalue weighted by Gasteiger charge is 2.55. The quantitative estimate of drug-likeness (QED) is 0.500. The first kappa shape index (κ1) is 6.58. The summed E-state index contributed by atoms with van der Waals surface area (Å²) in [5.74, 6) is -2.08. The molecule has 52 valence electrons. The summed E-state index contributed by atoms with van der Waals surface area (Å²) in [4.78, 5) is 9.72. The van der Waals surface area contributed by atoms with Gasteiger partial charge in [-0.3, -0.25) is 0 Å². The molecule has 1 rings (SSSR count). The number of hydrogen-bond acceptors (Lipinski definition) is 1. The van der Waals surface area contributed by atoms with Gasteiger partial charge in [0, 0.05) is 5.92 Å². The maximum atomic E-state index is 11.5. The van der Waals surface area contributed by atoms with Crippen LogP contribution in [-0.4, -0.2) is 12.5 Å². The third kappa shape index (κ3) is 1.23. The van der Waals surface area contributed by atoms with E-state index in [4.69, 9.17) is 0 Å². The zero-order chi connectivity index (χ0) is 7.07. The lowest BCUT2D eigenvalue weighted by Crippen LogP contribution is -2.11. The average molecular weight is 138 g/mol. The van der Waals surface area contributed by atoms with Crippen LogP contribution in [-0.2, 0) is 4.79 Å². The number of halogens is 3. The first-order valence-electron chi connectivity index (χ1n) is 2.57. The summed E-state index contributed by atoms with van der Waals surface area (Å²) >= 11 is 0. The van der Waals surface area contributed by atoms with Crippen molar-refractivity contribution in [2.75, 3.05) is 0 Å². The van der Waals surface area contributed by atoms with Gasteiger partial charge in [0.05, 0.1) is 5.92 Å². The summed E-state index contributed by atoms with van der Waals surface area (Å²) in [6.45, 7) is 0. The number of carbonyl (C=O) groups is 1.